The minimum atomic E-state index is -0.129. The van der Waals surface area contributed by atoms with Crippen molar-refractivity contribution in [3.05, 3.63) is 79.6 Å². The van der Waals surface area contributed by atoms with Crippen LogP contribution in [0, 0.1) is 6.92 Å². The lowest BCUT2D eigenvalue weighted by Gasteiger charge is -1.99. The lowest BCUT2D eigenvalue weighted by Crippen LogP contribution is -2.23. The van der Waals surface area contributed by atoms with E-state index in [1.165, 1.54) is 21.3 Å². The van der Waals surface area contributed by atoms with Crippen LogP contribution < -0.4 is 10.1 Å². The fraction of sp³-hybridized carbons (Fsp3) is 0.0556. The highest BCUT2D eigenvalue weighted by Gasteiger charge is 2.15. The summed E-state index contributed by atoms with van der Waals surface area (Å²) in [6.45, 7) is 2.03. The first-order valence-corrected chi connectivity index (χ1v) is 8.54. The van der Waals surface area contributed by atoms with Gasteiger partial charge in [0.15, 0.2) is 5.82 Å². The summed E-state index contributed by atoms with van der Waals surface area (Å²) in [5, 5.41) is 8.80. The number of fused-ring (bicyclic) bond motifs is 1. The zero-order chi connectivity index (χ0) is 16.7. The van der Waals surface area contributed by atoms with Crippen LogP contribution in [0.1, 0.15) is 11.1 Å². The molecule has 6 heteroatoms. The first kappa shape index (κ1) is 15.1. The summed E-state index contributed by atoms with van der Waals surface area (Å²) < 4.78 is 2.14. The molecule has 0 unspecified atom stereocenters. The molecular formula is C18H12ClN3OS. The Morgan fingerprint density at radius 1 is 1.08 bits per heavy atom. The summed E-state index contributed by atoms with van der Waals surface area (Å²) in [5.41, 5.74) is 2.73. The van der Waals surface area contributed by atoms with Gasteiger partial charge in [-0.25, -0.2) is 4.40 Å². The molecule has 4 aromatic rings. The molecule has 0 radical (unpaired) electrons. The number of rotatable bonds is 2. The topological polar surface area (TPSA) is 47.3 Å². The van der Waals surface area contributed by atoms with Crippen molar-refractivity contribution in [2.24, 2.45) is 0 Å². The Kier molecular flexibility index (Phi) is 3.67. The molecule has 24 heavy (non-hydrogen) atoms. The highest BCUT2D eigenvalue weighted by molar-refractivity contribution is 7.15. The molecule has 0 atom stereocenters. The van der Waals surface area contributed by atoms with Gasteiger partial charge in [0.2, 0.25) is 4.96 Å². The molecule has 0 bridgehead atoms. The summed E-state index contributed by atoms with van der Waals surface area (Å²) in [4.78, 5) is 13.3. The predicted octanol–water partition coefficient (Wildman–Crippen LogP) is 3.33. The molecule has 0 saturated carbocycles. The minimum absolute atomic E-state index is 0.129. The third-order valence-corrected chi connectivity index (χ3v) is 5.03. The number of hydrogen-bond donors (Lipinski definition) is 0. The largest absolute Gasteiger partial charge is 0.276 e. The fourth-order valence-corrected chi connectivity index (χ4v) is 3.63. The Hall–Kier alpha value is -2.50. The van der Waals surface area contributed by atoms with Crippen LogP contribution in [-0.2, 0) is 0 Å². The van der Waals surface area contributed by atoms with Crippen molar-refractivity contribution >= 4 is 34.0 Å². The van der Waals surface area contributed by atoms with Gasteiger partial charge in [-0.3, -0.25) is 4.79 Å². The Labute approximate surface area is 146 Å². The molecule has 0 N–H and O–H groups in total. The fourth-order valence-electron chi connectivity index (χ4n) is 2.49. The van der Waals surface area contributed by atoms with Gasteiger partial charge in [-0.05, 0) is 30.7 Å². The van der Waals surface area contributed by atoms with Crippen molar-refractivity contribution in [2.45, 2.75) is 6.92 Å². The van der Waals surface area contributed by atoms with E-state index in [-0.39, 0.29) is 5.56 Å². The van der Waals surface area contributed by atoms with Crippen LogP contribution in [0.4, 0.5) is 0 Å². The van der Waals surface area contributed by atoms with Gasteiger partial charge in [0.1, 0.15) is 0 Å². The van der Waals surface area contributed by atoms with Gasteiger partial charge < -0.3 is 0 Å². The first-order chi connectivity index (χ1) is 11.6. The van der Waals surface area contributed by atoms with Crippen LogP contribution >= 0.6 is 22.9 Å². The maximum atomic E-state index is 12.8. The van der Waals surface area contributed by atoms with Crippen LogP contribution in [0.5, 0.6) is 0 Å². The number of nitrogens with zero attached hydrogens (tertiary/aromatic N) is 3. The number of aromatic nitrogens is 3. The Balaban J connectivity index is 1.93. The van der Waals surface area contributed by atoms with E-state index in [0.29, 0.717) is 25.9 Å². The second kappa shape index (κ2) is 5.85. The Morgan fingerprint density at radius 2 is 1.83 bits per heavy atom. The standard InChI is InChI=1S/C18H12ClN3OS/c1-11-6-8-12(9-7-11)10-15-17(23)22-16(20-21-18(22)24-15)13-4-2-3-5-14(13)19/h2-10H,1H3. The van der Waals surface area contributed by atoms with Gasteiger partial charge in [-0.2, -0.15) is 0 Å². The third-order valence-electron chi connectivity index (χ3n) is 3.74. The van der Waals surface area contributed by atoms with Crippen molar-refractivity contribution in [2.75, 3.05) is 0 Å². The summed E-state index contributed by atoms with van der Waals surface area (Å²) >= 11 is 7.55. The van der Waals surface area contributed by atoms with E-state index in [1.54, 1.807) is 6.07 Å². The number of hydrogen-bond acceptors (Lipinski definition) is 4. The molecule has 2 aromatic heterocycles. The van der Waals surface area contributed by atoms with E-state index in [1.807, 2.05) is 55.5 Å². The average Bonchev–Trinajstić information content (AvgIpc) is 3.11. The van der Waals surface area contributed by atoms with E-state index in [4.69, 9.17) is 11.6 Å². The average molecular weight is 354 g/mol. The van der Waals surface area contributed by atoms with Crippen molar-refractivity contribution in [1.29, 1.82) is 0 Å². The smallest absolute Gasteiger partial charge is 0.267 e. The molecule has 0 aliphatic rings. The number of thiazole rings is 1. The van der Waals surface area contributed by atoms with Crippen molar-refractivity contribution < 1.29 is 0 Å². The highest BCUT2D eigenvalue weighted by Crippen LogP contribution is 2.25. The van der Waals surface area contributed by atoms with Gasteiger partial charge in [0, 0.05) is 5.56 Å². The zero-order valence-corrected chi connectivity index (χ0v) is 14.3. The third kappa shape index (κ3) is 2.52. The predicted molar refractivity (Wildman–Crippen MR) is 97.5 cm³/mol. The van der Waals surface area contributed by atoms with Gasteiger partial charge >= 0.3 is 0 Å². The molecule has 0 amide bonds. The van der Waals surface area contributed by atoms with Gasteiger partial charge in [0.25, 0.3) is 5.56 Å². The quantitative estimate of drug-likeness (QED) is 0.555. The highest BCUT2D eigenvalue weighted by atomic mass is 35.5. The van der Waals surface area contributed by atoms with Crippen molar-refractivity contribution in [3.63, 3.8) is 0 Å². The van der Waals surface area contributed by atoms with E-state index in [0.717, 1.165) is 5.56 Å². The lowest BCUT2D eigenvalue weighted by atomic mass is 10.1. The summed E-state index contributed by atoms with van der Waals surface area (Å²) in [7, 11) is 0. The molecule has 0 spiro atoms. The van der Waals surface area contributed by atoms with Crippen LogP contribution in [-0.4, -0.2) is 14.6 Å². The number of benzene rings is 2. The zero-order valence-electron chi connectivity index (χ0n) is 12.7. The molecular weight excluding hydrogens is 342 g/mol. The van der Waals surface area contributed by atoms with Crippen LogP contribution in [0.25, 0.3) is 22.4 Å². The van der Waals surface area contributed by atoms with Gasteiger partial charge in [-0.15, -0.1) is 10.2 Å². The van der Waals surface area contributed by atoms with E-state index in [9.17, 15) is 4.79 Å². The van der Waals surface area contributed by atoms with E-state index in [2.05, 4.69) is 10.2 Å². The molecule has 0 fully saturated rings. The molecule has 118 valence electrons. The molecule has 4 nitrogen and oxygen atoms in total. The molecule has 0 aliphatic heterocycles. The molecule has 2 aromatic carbocycles. The second-order valence-corrected chi connectivity index (χ2v) is 6.86. The maximum absolute atomic E-state index is 12.8. The number of halogens is 1. The van der Waals surface area contributed by atoms with Crippen molar-refractivity contribution in [3.8, 4) is 11.4 Å². The van der Waals surface area contributed by atoms with Crippen LogP contribution in [0.2, 0.25) is 5.02 Å². The van der Waals surface area contributed by atoms with Crippen LogP contribution in [0.3, 0.4) is 0 Å². The normalized spacial score (nSPS) is 12.2. The monoisotopic (exact) mass is 353 g/mol. The summed E-state index contributed by atoms with van der Waals surface area (Å²) in [6.07, 6.45) is 1.87. The maximum Gasteiger partial charge on any atom is 0.276 e. The molecule has 2 heterocycles. The van der Waals surface area contributed by atoms with Crippen molar-refractivity contribution in [1.82, 2.24) is 14.6 Å². The minimum Gasteiger partial charge on any atom is -0.267 e. The molecule has 0 aliphatic carbocycles. The molecule has 4 rings (SSSR count). The van der Waals surface area contributed by atoms with E-state index < -0.39 is 0 Å². The first-order valence-electron chi connectivity index (χ1n) is 7.35. The lowest BCUT2D eigenvalue weighted by molar-refractivity contribution is 1.09. The van der Waals surface area contributed by atoms with Gasteiger partial charge in [-0.1, -0.05) is 64.9 Å². The van der Waals surface area contributed by atoms with Crippen LogP contribution in [0.15, 0.2) is 53.3 Å². The Bertz CT molecular complexity index is 1150. The molecule has 0 saturated heterocycles. The second-order valence-electron chi connectivity index (χ2n) is 5.45. The summed E-state index contributed by atoms with van der Waals surface area (Å²) in [5.74, 6) is 0.473. The van der Waals surface area contributed by atoms with E-state index >= 15 is 0 Å². The SMILES string of the molecule is Cc1ccc(C=c2sc3nnc(-c4ccccc4Cl)n3c2=O)cc1. The Morgan fingerprint density at radius 3 is 2.58 bits per heavy atom. The summed E-state index contributed by atoms with van der Waals surface area (Å²) in [6, 6.07) is 15.3. The van der Waals surface area contributed by atoms with Gasteiger partial charge in [0.05, 0.1) is 9.55 Å². The number of aryl methyl sites for hydroxylation is 1.